The maximum Gasteiger partial charge on any atom is 0.276 e. The fourth-order valence-corrected chi connectivity index (χ4v) is 5.10. The summed E-state index contributed by atoms with van der Waals surface area (Å²) in [5.74, 6) is 0. The minimum Gasteiger partial charge on any atom is -0.285 e. The third-order valence-corrected chi connectivity index (χ3v) is 7.05. The normalized spacial score (nSPS) is 11.4. The molecule has 4 rings (SSSR count). The fraction of sp³-hybridized carbons (Fsp3) is 0.286. The van der Waals surface area contributed by atoms with Gasteiger partial charge in [-0.05, 0) is 70.3 Å². The SMILES string of the molecule is Cc1sc2nc(-c3c(C)c(C)c(C)c([N+](=O)[O-])c3C)c(-c3ccnc(Cl)n3)n2c1C. The molecule has 3 heterocycles. The van der Waals surface area contributed by atoms with Gasteiger partial charge in [0, 0.05) is 33.5 Å². The number of rotatable bonds is 3. The summed E-state index contributed by atoms with van der Waals surface area (Å²) in [6.07, 6.45) is 1.60. The lowest BCUT2D eigenvalue weighted by Gasteiger charge is -2.16. The van der Waals surface area contributed by atoms with Crippen LogP contribution in [-0.2, 0) is 0 Å². The number of benzene rings is 1. The van der Waals surface area contributed by atoms with E-state index in [9.17, 15) is 10.1 Å². The maximum atomic E-state index is 11.9. The summed E-state index contributed by atoms with van der Waals surface area (Å²) in [6.45, 7) is 11.5. The van der Waals surface area contributed by atoms with Crippen LogP contribution in [0.25, 0.3) is 27.6 Å². The van der Waals surface area contributed by atoms with Gasteiger partial charge in [-0.1, -0.05) is 0 Å². The Labute approximate surface area is 182 Å². The van der Waals surface area contributed by atoms with Gasteiger partial charge in [0.15, 0.2) is 4.96 Å². The predicted molar refractivity (Wildman–Crippen MR) is 120 cm³/mol. The van der Waals surface area contributed by atoms with Gasteiger partial charge < -0.3 is 0 Å². The lowest BCUT2D eigenvalue weighted by atomic mass is 9.89. The molecule has 0 saturated carbocycles. The van der Waals surface area contributed by atoms with E-state index in [0.717, 1.165) is 37.9 Å². The Bertz CT molecular complexity index is 1360. The molecule has 0 saturated heterocycles. The van der Waals surface area contributed by atoms with Gasteiger partial charge in [0.05, 0.1) is 10.6 Å². The second-order valence-corrected chi connectivity index (χ2v) is 8.88. The number of fused-ring (bicyclic) bond motifs is 1. The molecule has 0 fully saturated rings. The van der Waals surface area contributed by atoms with Crippen LogP contribution in [0.5, 0.6) is 0 Å². The Balaban J connectivity index is 2.19. The van der Waals surface area contributed by atoms with Crippen LogP contribution < -0.4 is 0 Å². The van der Waals surface area contributed by atoms with Gasteiger partial charge in [0.25, 0.3) is 5.69 Å². The van der Waals surface area contributed by atoms with Crippen molar-refractivity contribution in [3.05, 3.63) is 60.5 Å². The van der Waals surface area contributed by atoms with E-state index in [1.165, 1.54) is 0 Å². The largest absolute Gasteiger partial charge is 0.285 e. The van der Waals surface area contributed by atoms with E-state index in [1.807, 2.05) is 32.1 Å². The number of thiazole rings is 1. The zero-order chi connectivity index (χ0) is 21.9. The molecule has 0 amide bonds. The first-order valence-corrected chi connectivity index (χ1v) is 10.5. The summed E-state index contributed by atoms with van der Waals surface area (Å²) in [5.41, 5.74) is 7.13. The minimum absolute atomic E-state index is 0.129. The Kier molecular flexibility index (Phi) is 4.86. The van der Waals surface area contributed by atoms with E-state index >= 15 is 0 Å². The second-order valence-electron chi connectivity index (χ2n) is 7.36. The van der Waals surface area contributed by atoms with Gasteiger partial charge in [-0.2, -0.15) is 0 Å². The molecule has 154 valence electrons. The Hall–Kier alpha value is -2.84. The zero-order valence-electron chi connectivity index (χ0n) is 17.5. The number of imidazole rings is 1. The predicted octanol–water partition coefficient (Wildman–Crippen LogP) is 5.93. The summed E-state index contributed by atoms with van der Waals surface area (Å²) < 4.78 is 2.05. The van der Waals surface area contributed by atoms with Crippen LogP contribution in [0.15, 0.2) is 12.3 Å². The molecule has 0 unspecified atom stereocenters. The molecule has 0 aliphatic heterocycles. The van der Waals surface area contributed by atoms with Crippen molar-refractivity contribution in [2.24, 2.45) is 0 Å². The number of halogens is 1. The molecule has 7 nitrogen and oxygen atoms in total. The Morgan fingerprint density at radius 3 is 2.37 bits per heavy atom. The number of aryl methyl sites for hydroxylation is 2. The number of nitro benzene ring substituents is 1. The number of hydrogen-bond donors (Lipinski definition) is 0. The lowest BCUT2D eigenvalue weighted by Crippen LogP contribution is -2.04. The molecule has 1 aromatic carbocycles. The van der Waals surface area contributed by atoms with Gasteiger partial charge in [-0.3, -0.25) is 14.5 Å². The fourth-order valence-electron chi connectivity index (χ4n) is 3.98. The number of hydrogen-bond acceptors (Lipinski definition) is 6. The first-order chi connectivity index (χ1) is 14.1. The van der Waals surface area contributed by atoms with Gasteiger partial charge in [0.2, 0.25) is 5.28 Å². The van der Waals surface area contributed by atoms with Crippen LogP contribution in [0.1, 0.15) is 32.8 Å². The van der Waals surface area contributed by atoms with Crippen molar-refractivity contribution >= 4 is 33.6 Å². The highest BCUT2D eigenvalue weighted by atomic mass is 35.5. The molecule has 0 aliphatic rings. The van der Waals surface area contributed by atoms with E-state index in [0.29, 0.717) is 22.5 Å². The van der Waals surface area contributed by atoms with Crippen molar-refractivity contribution in [2.75, 3.05) is 0 Å². The number of nitrogens with zero attached hydrogens (tertiary/aromatic N) is 5. The van der Waals surface area contributed by atoms with E-state index in [4.69, 9.17) is 16.6 Å². The lowest BCUT2D eigenvalue weighted by molar-refractivity contribution is -0.386. The van der Waals surface area contributed by atoms with Crippen LogP contribution in [0.2, 0.25) is 5.28 Å². The summed E-state index contributed by atoms with van der Waals surface area (Å²) in [5, 5.41) is 12.0. The van der Waals surface area contributed by atoms with Crippen molar-refractivity contribution in [3.63, 3.8) is 0 Å². The third-order valence-electron chi connectivity index (χ3n) is 5.81. The smallest absolute Gasteiger partial charge is 0.276 e. The van der Waals surface area contributed by atoms with Crippen LogP contribution in [-0.4, -0.2) is 24.3 Å². The molecule has 4 aromatic rings. The van der Waals surface area contributed by atoms with Gasteiger partial charge in [-0.15, -0.1) is 11.3 Å². The first-order valence-electron chi connectivity index (χ1n) is 9.36. The third kappa shape index (κ3) is 2.90. The summed E-state index contributed by atoms with van der Waals surface area (Å²) in [6, 6.07) is 1.78. The molecule has 0 bridgehead atoms. The first kappa shape index (κ1) is 20.4. The summed E-state index contributed by atoms with van der Waals surface area (Å²) >= 11 is 7.67. The van der Waals surface area contributed by atoms with Crippen molar-refractivity contribution < 1.29 is 4.92 Å². The molecule has 0 spiro atoms. The highest BCUT2D eigenvalue weighted by Gasteiger charge is 2.29. The van der Waals surface area contributed by atoms with Crippen LogP contribution in [0.4, 0.5) is 5.69 Å². The Morgan fingerprint density at radius 1 is 1.03 bits per heavy atom. The second kappa shape index (κ2) is 7.14. The quantitative estimate of drug-likeness (QED) is 0.223. The Morgan fingerprint density at radius 2 is 1.73 bits per heavy atom. The molecular weight excluding hydrogens is 422 g/mol. The van der Waals surface area contributed by atoms with Gasteiger partial charge in [-0.25, -0.2) is 15.0 Å². The molecule has 0 N–H and O–H groups in total. The average Bonchev–Trinajstić information content (AvgIpc) is 3.16. The topological polar surface area (TPSA) is 86.2 Å². The summed E-state index contributed by atoms with van der Waals surface area (Å²) in [4.78, 5) is 26.8. The van der Waals surface area contributed by atoms with Crippen LogP contribution in [0, 0.1) is 51.7 Å². The van der Waals surface area contributed by atoms with E-state index in [2.05, 4.69) is 9.97 Å². The molecule has 0 radical (unpaired) electrons. The van der Waals surface area contributed by atoms with E-state index in [1.54, 1.807) is 37.4 Å². The standard InChI is InChI=1S/C21H20ClN5O2S/c1-9-10(2)16(12(4)18(11(9)3)27(28)29)17-19(15-7-8-23-20(22)24-15)26-13(5)14(6)30-21(26)25-17/h7-8H,1-6H3. The number of nitro groups is 1. The van der Waals surface area contributed by atoms with Crippen LogP contribution in [0.3, 0.4) is 0 Å². The van der Waals surface area contributed by atoms with Crippen molar-refractivity contribution in [2.45, 2.75) is 41.5 Å². The maximum absolute atomic E-state index is 11.9. The van der Waals surface area contributed by atoms with Crippen molar-refractivity contribution in [3.8, 4) is 22.6 Å². The minimum atomic E-state index is -0.310. The van der Waals surface area contributed by atoms with Crippen LogP contribution >= 0.6 is 22.9 Å². The zero-order valence-corrected chi connectivity index (χ0v) is 19.1. The van der Waals surface area contributed by atoms with E-state index < -0.39 is 0 Å². The van der Waals surface area contributed by atoms with Gasteiger partial charge >= 0.3 is 0 Å². The monoisotopic (exact) mass is 441 g/mol. The average molecular weight is 442 g/mol. The molecular formula is C21H20ClN5O2S. The number of aromatic nitrogens is 4. The molecule has 0 atom stereocenters. The molecule has 3 aromatic heterocycles. The van der Waals surface area contributed by atoms with E-state index in [-0.39, 0.29) is 15.9 Å². The van der Waals surface area contributed by atoms with Crippen molar-refractivity contribution in [1.29, 1.82) is 0 Å². The highest BCUT2D eigenvalue weighted by molar-refractivity contribution is 7.17. The molecule has 30 heavy (non-hydrogen) atoms. The molecule has 0 aliphatic carbocycles. The molecule has 9 heteroatoms. The van der Waals surface area contributed by atoms with Crippen molar-refractivity contribution in [1.82, 2.24) is 19.4 Å². The highest BCUT2D eigenvalue weighted by Crippen LogP contribution is 2.43. The van der Waals surface area contributed by atoms with Gasteiger partial charge in [0.1, 0.15) is 11.4 Å². The summed E-state index contributed by atoms with van der Waals surface area (Å²) in [7, 11) is 0.